The van der Waals surface area contributed by atoms with E-state index in [1.807, 2.05) is 4.90 Å². The Hall–Kier alpha value is -0.910. The van der Waals surface area contributed by atoms with Gasteiger partial charge in [0.25, 0.3) is 0 Å². The van der Waals surface area contributed by atoms with Gasteiger partial charge in [0.2, 0.25) is 5.91 Å². The normalized spacial score (nSPS) is 16.6. The molecule has 0 saturated carbocycles. The van der Waals surface area contributed by atoms with Crippen molar-refractivity contribution in [3.63, 3.8) is 0 Å². The zero-order chi connectivity index (χ0) is 13.8. The Bertz CT molecular complexity index is 461. The molecule has 4 nitrogen and oxygen atoms in total. The maximum atomic E-state index is 12.1. The van der Waals surface area contributed by atoms with Gasteiger partial charge in [-0.3, -0.25) is 4.79 Å². The number of anilines is 1. The monoisotopic (exact) mass is 299 g/mol. The number of benzene rings is 1. The molecule has 0 atom stereocenters. The van der Waals surface area contributed by atoms with Gasteiger partial charge in [-0.15, -0.1) is 11.8 Å². The molecule has 0 aromatic heterocycles. The van der Waals surface area contributed by atoms with Crippen LogP contribution in [-0.2, 0) is 4.79 Å². The maximum Gasteiger partial charge on any atom is 0.233 e. The summed E-state index contributed by atoms with van der Waals surface area (Å²) in [5.41, 5.74) is 6.53. The molecule has 1 aliphatic rings. The van der Waals surface area contributed by atoms with E-state index in [2.05, 4.69) is 11.9 Å². The topological polar surface area (TPSA) is 49.6 Å². The van der Waals surface area contributed by atoms with E-state index in [4.69, 9.17) is 17.3 Å². The molecular weight excluding hydrogens is 282 g/mol. The second kappa shape index (κ2) is 6.50. The number of halogens is 1. The molecule has 1 fully saturated rings. The number of carbonyl (C=O) groups excluding carboxylic acids is 1. The Morgan fingerprint density at radius 3 is 2.74 bits per heavy atom. The maximum absolute atomic E-state index is 12.1. The molecule has 19 heavy (non-hydrogen) atoms. The third-order valence-electron chi connectivity index (χ3n) is 3.18. The Morgan fingerprint density at radius 2 is 2.05 bits per heavy atom. The third kappa shape index (κ3) is 4.03. The largest absolute Gasteiger partial charge is 0.398 e. The average Bonchev–Trinajstić information content (AvgIpc) is 2.40. The zero-order valence-corrected chi connectivity index (χ0v) is 12.5. The van der Waals surface area contributed by atoms with Crippen LogP contribution in [0.4, 0.5) is 5.69 Å². The quantitative estimate of drug-likeness (QED) is 0.683. The van der Waals surface area contributed by atoms with E-state index in [1.54, 1.807) is 18.2 Å². The molecule has 6 heteroatoms. The molecular formula is C13H18ClN3OS. The first-order valence-electron chi connectivity index (χ1n) is 6.20. The van der Waals surface area contributed by atoms with Gasteiger partial charge in [0.15, 0.2) is 0 Å². The van der Waals surface area contributed by atoms with E-state index in [1.165, 1.54) is 11.8 Å². The van der Waals surface area contributed by atoms with Crippen molar-refractivity contribution < 1.29 is 4.79 Å². The summed E-state index contributed by atoms with van der Waals surface area (Å²) >= 11 is 7.38. The third-order valence-corrected chi connectivity index (χ3v) is 4.47. The van der Waals surface area contributed by atoms with Crippen molar-refractivity contribution in [3.05, 3.63) is 23.2 Å². The summed E-state index contributed by atoms with van der Waals surface area (Å²) in [6.07, 6.45) is 0. The molecule has 1 saturated heterocycles. The number of amides is 1. The molecule has 1 aliphatic heterocycles. The Labute approximate surface area is 122 Å². The molecule has 0 aliphatic carbocycles. The lowest BCUT2D eigenvalue weighted by atomic mass is 10.3. The Balaban J connectivity index is 1.88. The number of rotatable bonds is 3. The first-order chi connectivity index (χ1) is 9.06. The van der Waals surface area contributed by atoms with Crippen molar-refractivity contribution in [2.24, 2.45) is 0 Å². The van der Waals surface area contributed by atoms with Crippen LogP contribution >= 0.6 is 23.4 Å². The van der Waals surface area contributed by atoms with Gasteiger partial charge < -0.3 is 15.5 Å². The van der Waals surface area contributed by atoms with Crippen LogP contribution in [0.1, 0.15) is 0 Å². The number of piperazine rings is 1. The number of nitrogens with zero attached hydrogens (tertiary/aromatic N) is 2. The minimum absolute atomic E-state index is 0.164. The molecule has 2 N–H and O–H groups in total. The van der Waals surface area contributed by atoms with Gasteiger partial charge >= 0.3 is 0 Å². The van der Waals surface area contributed by atoms with Gasteiger partial charge in [0.1, 0.15) is 0 Å². The fraction of sp³-hybridized carbons (Fsp3) is 0.462. The summed E-state index contributed by atoms with van der Waals surface area (Å²) in [5, 5.41) is 0.642. The van der Waals surface area contributed by atoms with Gasteiger partial charge in [0, 0.05) is 41.8 Å². The highest BCUT2D eigenvalue weighted by Gasteiger charge is 2.19. The molecule has 1 heterocycles. The van der Waals surface area contributed by atoms with Gasteiger partial charge in [-0.1, -0.05) is 11.6 Å². The van der Waals surface area contributed by atoms with Crippen molar-refractivity contribution in [2.75, 3.05) is 44.7 Å². The number of carbonyl (C=O) groups is 1. The van der Waals surface area contributed by atoms with Crippen LogP contribution < -0.4 is 5.73 Å². The number of thioether (sulfide) groups is 1. The SMILES string of the molecule is CN1CCN(C(=O)CSc2cc(Cl)ccc2N)CC1. The lowest BCUT2D eigenvalue weighted by molar-refractivity contribution is -0.129. The van der Waals surface area contributed by atoms with Crippen molar-refractivity contribution in [1.29, 1.82) is 0 Å². The second-order valence-electron chi connectivity index (χ2n) is 4.65. The van der Waals surface area contributed by atoms with Crippen LogP contribution in [-0.4, -0.2) is 54.7 Å². The molecule has 0 unspecified atom stereocenters. The molecule has 1 amide bonds. The fourth-order valence-corrected chi connectivity index (χ4v) is 3.06. The van der Waals surface area contributed by atoms with Gasteiger partial charge in [0.05, 0.1) is 5.75 Å². The van der Waals surface area contributed by atoms with Gasteiger partial charge in [-0.2, -0.15) is 0 Å². The van der Waals surface area contributed by atoms with Crippen molar-refractivity contribution >= 4 is 35.0 Å². The smallest absolute Gasteiger partial charge is 0.233 e. The van der Waals surface area contributed by atoms with E-state index in [0.29, 0.717) is 16.5 Å². The first kappa shape index (κ1) is 14.5. The van der Waals surface area contributed by atoms with Crippen molar-refractivity contribution in [3.8, 4) is 0 Å². The van der Waals surface area contributed by atoms with E-state index in [-0.39, 0.29) is 5.91 Å². The van der Waals surface area contributed by atoms with Crippen LogP contribution in [0.2, 0.25) is 5.02 Å². The highest BCUT2D eigenvalue weighted by molar-refractivity contribution is 8.00. The lowest BCUT2D eigenvalue weighted by Crippen LogP contribution is -2.47. The van der Waals surface area contributed by atoms with Crippen LogP contribution in [0.3, 0.4) is 0 Å². The van der Waals surface area contributed by atoms with Crippen molar-refractivity contribution in [2.45, 2.75) is 4.90 Å². The summed E-state index contributed by atoms with van der Waals surface area (Å²) in [7, 11) is 2.07. The second-order valence-corrected chi connectivity index (χ2v) is 6.11. The predicted octanol–water partition coefficient (Wildman–Crippen LogP) is 1.79. The van der Waals surface area contributed by atoms with Crippen LogP contribution in [0.5, 0.6) is 0 Å². The molecule has 104 valence electrons. The summed E-state index contributed by atoms with van der Waals surface area (Å²) in [6, 6.07) is 5.33. The summed E-state index contributed by atoms with van der Waals surface area (Å²) in [5.74, 6) is 0.575. The van der Waals surface area contributed by atoms with Gasteiger partial charge in [-0.25, -0.2) is 0 Å². The summed E-state index contributed by atoms with van der Waals surface area (Å²) < 4.78 is 0. The van der Waals surface area contributed by atoms with E-state index >= 15 is 0 Å². The van der Waals surface area contributed by atoms with Crippen LogP contribution in [0.15, 0.2) is 23.1 Å². The summed E-state index contributed by atoms with van der Waals surface area (Å²) in [6.45, 7) is 3.49. The van der Waals surface area contributed by atoms with Gasteiger partial charge in [-0.05, 0) is 25.2 Å². The lowest BCUT2D eigenvalue weighted by Gasteiger charge is -2.32. The summed E-state index contributed by atoms with van der Waals surface area (Å²) in [4.78, 5) is 17.1. The highest BCUT2D eigenvalue weighted by atomic mass is 35.5. The van der Waals surface area contributed by atoms with Crippen LogP contribution in [0.25, 0.3) is 0 Å². The van der Waals surface area contributed by atoms with Crippen molar-refractivity contribution in [1.82, 2.24) is 9.80 Å². The molecule has 0 radical (unpaired) electrons. The highest BCUT2D eigenvalue weighted by Crippen LogP contribution is 2.28. The molecule has 0 spiro atoms. The standard InChI is InChI=1S/C13H18ClN3OS/c1-16-4-6-17(7-5-16)13(18)9-19-12-8-10(14)2-3-11(12)15/h2-3,8H,4-7,9,15H2,1H3. The Kier molecular flexibility index (Phi) is 4.96. The van der Waals surface area contributed by atoms with E-state index < -0.39 is 0 Å². The molecule has 1 aromatic carbocycles. The molecule has 1 aromatic rings. The molecule has 0 bridgehead atoms. The number of nitrogen functional groups attached to an aromatic ring is 1. The number of hydrogen-bond acceptors (Lipinski definition) is 4. The van der Waals surface area contributed by atoms with E-state index in [9.17, 15) is 4.79 Å². The average molecular weight is 300 g/mol. The fourth-order valence-electron chi connectivity index (χ4n) is 1.92. The Morgan fingerprint density at radius 1 is 1.37 bits per heavy atom. The molecule has 2 rings (SSSR count). The minimum atomic E-state index is 0.164. The minimum Gasteiger partial charge on any atom is -0.398 e. The number of nitrogens with two attached hydrogens (primary N) is 1. The number of hydrogen-bond donors (Lipinski definition) is 1. The van der Waals surface area contributed by atoms with E-state index in [0.717, 1.165) is 31.1 Å². The van der Waals surface area contributed by atoms with Crippen LogP contribution in [0, 0.1) is 0 Å². The first-order valence-corrected chi connectivity index (χ1v) is 7.57. The zero-order valence-electron chi connectivity index (χ0n) is 10.9. The number of likely N-dealkylation sites (N-methyl/N-ethyl adjacent to an activating group) is 1. The predicted molar refractivity (Wildman–Crippen MR) is 80.7 cm³/mol.